The van der Waals surface area contributed by atoms with Gasteiger partial charge >= 0.3 is 0 Å². The van der Waals surface area contributed by atoms with Crippen LogP contribution in [0.5, 0.6) is 0 Å². The number of aromatic nitrogens is 2. The van der Waals surface area contributed by atoms with E-state index in [-0.39, 0.29) is 6.04 Å². The lowest BCUT2D eigenvalue weighted by Gasteiger charge is -2.25. The van der Waals surface area contributed by atoms with Crippen LogP contribution in [0.15, 0.2) is 12.5 Å². The molecule has 1 aromatic rings. The van der Waals surface area contributed by atoms with Crippen molar-refractivity contribution >= 4 is 0 Å². The Morgan fingerprint density at radius 1 is 1.47 bits per heavy atom. The van der Waals surface area contributed by atoms with Gasteiger partial charge in [-0.1, -0.05) is 13.8 Å². The maximum absolute atomic E-state index is 6.24. The van der Waals surface area contributed by atoms with E-state index in [2.05, 4.69) is 23.4 Å². The van der Waals surface area contributed by atoms with Crippen molar-refractivity contribution in [2.45, 2.75) is 51.3 Å². The van der Waals surface area contributed by atoms with Gasteiger partial charge in [-0.25, -0.2) is 4.98 Å². The summed E-state index contributed by atoms with van der Waals surface area (Å²) in [7, 11) is 1.79. The van der Waals surface area contributed by atoms with Gasteiger partial charge in [-0.05, 0) is 25.2 Å². The monoisotopic (exact) mass is 237 g/mol. The average Bonchev–Trinajstić information content (AvgIpc) is 2.95. The SMILES string of the molecule is COC1CCCC1n1cncc1C(N)C(C)C. The highest BCUT2D eigenvalue weighted by atomic mass is 16.5. The largest absolute Gasteiger partial charge is 0.379 e. The first kappa shape index (κ1) is 12.6. The first-order chi connectivity index (χ1) is 8.15. The van der Waals surface area contributed by atoms with Crippen LogP contribution in [0.2, 0.25) is 0 Å². The Bertz CT molecular complexity index is 361. The number of hydrogen-bond donors (Lipinski definition) is 1. The number of nitrogens with zero attached hydrogens (tertiary/aromatic N) is 2. The van der Waals surface area contributed by atoms with E-state index >= 15 is 0 Å². The number of ether oxygens (including phenoxy) is 1. The lowest BCUT2D eigenvalue weighted by atomic mass is 10.0. The van der Waals surface area contributed by atoms with Gasteiger partial charge in [-0.15, -0.1) is 0 Å². The molecule has 4 heteroatoms. The molecular weight excluding hydrogens is 214 g/mol. The van der Waals surface area contributed by atoms with E-state index in [1.165, 1.54) is 6.42 Å². The molecule has 0 amide bonds. The van der Waals surface area contributed by atoms with Crippen molar-refractivity contribution in [1.82, 2.24) is 9.55 Å². The first-order valence-electron chi connectivity index (χ1n) is 6.45. The summed E-state index contributed by atoms with van der Waals surface area (Å²) in [6, 6.07) is 0.456. The minimum atomic E-state index is 0.0515. The van der Waals surface area contributed by atoms with Crippen LogP contribution >= 0.6 is 0 Å². The van der Waals surface area contributed by atoms with E-state index < -0.39 is 0 Å². The third-order valence-corrected chi connectivity index (χ3v) is 3.83. The summed E-state index contributed by atoms with van der Waals surface area (Å²) >= 11 is 0. The van der Waals surface area contributed by atoms with E-state index in [1.807, 2.05) is 12.5 Å². The Balaban J connectivity index is 2.24. The molecule has 0 radical (unpaired) electrons. The minimum Gasteiger partial charge on any atom is -0.379 e. The molecule has 2 N–H and O–H groups in total. The number of methoxy groups -OCH3 is 1. The predicted octanol–water partition coefficient (Wildman–Crippen LogP) is 2.28. The van der Waals surface area contributed by atoms with Gasteiger partial charge in [0.25, 0.3) is 0 Å². The molecule has 2 rings (SSSR count). The number of rotatable bonds is 4. The minimum absolute atomic E-state index is 0.0515. The summed E-state index contributed by atoms with van der Waals surface area (Å²) in [6.07, 6.45) is 7.62. The summed E-state index contributed by atoms with van der Waals surface area (Å²) in [5, 5.41) is 0. The Morgan fingerprint density at radius 3 is 2.88 bits per heavy atom. The molecule has 4 nitrogen and oxygen atoms in total. The lowest BCUT2D eigenvalue weighted by molar-refractivity contribution is 0.0735. The molecular formula is C13H23N3O. The van der Waals surface area contributed by atoms with Crippen molar-refractivity contribution in [2.75, 3.05) is 7.11 Å². The quantitative estimate of drug-likeness (QED) is 0.874. The van der Waals surface area contributed by atoms with Crippen molar-refractivity contribution < 1.29 is 4.74 Å². The first-order valence-corrected chi connectivity index (χ1v) is 6.45. The summed E-state index contributed by atoms with van der Waals surface area (Å²) in [4.78, 5) is 4.27. The van der Waals surface area contributed by atoms with Gasteiger partial charge < -0.3 is 15.0 Å². The standard InChI is InChI=1S/C13H23N3O/c1-9(2)13(14)11-7-15-8-16(11)10-5-4-6-12(10)17-3/h7-10,12-13H,4-6,14H2,1-3H3. The molecule has 0 bridgehead atoms. The second-order valence-corrected chi connectivity index (χ2v) is 5.27. The summed E-state index contributed by atoms with van der Waals surface area (Å²) in [5.74, 6) is 0.424. The van der Waals surface area contributed by atoms with Crippen LogP contribution in [0.1, 0.15) is 50.9 Å². The maximum Gasteiger partial charge on any atom is 0.0952 e. The Labute approximate surface area is 103 Å². The molecule has 1 aliphatic rings. The number of nitrogens with two attached hydrogens (primary N) is 1. The van der Waals surface area contributed by atoms with E-state index in [1.54, 1.807) is 7.11 Å². The van der Waals surface area contributed by atoms with Crippen molar-refractivity contribution in [3.63, 3.8) is 0 Å². The smallest absolute Gasteiger partial charge is 0.0952 e. The van der Waals surface area contributed by atoms with E-state index in [4.69, 9.17) is 10.5 Å². The predicted molar refractivity (Wildman–Crippen MR) is 67.7 cm³/mol. The van der Waals surface area contributed by atoms with E-state index in [9.17, 15) is 0 Å². The van der Waals surface area contributed by atoms with E-state index in [0.717, 1.165) is 18.5 Å². The molecule has 1 aromatic heterocycles. The zero-order valence-electron chi connectivity index (χ0n) is 11.0. The van der Waals surface area contributed by atoms with Gasteiger partial charge in [-0.2, -0.15) is 0 Å². The van der Waals surface area contributed by atoms with Gasteiger partial charge in [0.15, 0.2) is 0 Å². The Kier molecular flexibility index (Phi) is 3.84. The normalized spacial score (nSPS) is 26.6. The fourth-order valence-electron chi connectivity index (χ4n) is 2.69. The molecule has 3 atom stereocenters. The maximum atomic E-state index is 6.24. The van der Waals surface area contributed by atoms with Crippen molar-refractivity contribution in [1.29, 1.82) is 0 Å². The molecule has 0 aromatic carbocycles. The van der Waals surface area contributed by atoms with Gasteiger partial charge in [0.1, 0.15) is 0 Å². The topological polar surface area (TPSA) is 53.1 Å². The fourth-order valence-corrected chi connectivity index (χ4v) is 2.69. The molecule has 0 aliphatic heterocycles. The van der Waals surface area contributed by atoms with Crippen LogP contribution in [0.3, 0.4) is 0 Å². The highest BCUT2D eigenvalue weighted by molar-refractivity contribution is 5.08. The second kappa shape index (κ2) is 5.19. The van der Waals surface area contributed by atoms with Gasteiger partial charge in [0.2, 0.25) is 0 Å². The fraction of sp³-hybridized carbons (Fsp3) is 0.769. The third-order valence-electron chi connectivity index (χ3n) is 3.83. The Hall–Kier alpha value is -0.870. The van der Waals surface area contributed by atoms with Crippen LogP contribution in [0.4, 0.5) is 0 Å². The van der Waals surface area contributed by atoms with Crippen LogP contribution in [0.25, 0.3) is 0 Å². The summed E-state index contributed by atoms with van der Waals surface area (Å²) in [6.45, 7) is 4.29. The van der Waals surface area contributed by atoms with Crippen molar-refractivity contribution in [3.05, 3.63) is 18.2 Å². The van der Waals surface area contributed by atoms with Crippen LogP contribution in [0, 0.1) is 5.92 Å². The van der Waals surface area contributed by atoms with E-state index in [0.29, 0.717) is 18.1 Å². The van der Waals surface area contributed by atoms with Crippen LogP contribution in [-0.2, 0) is 4.74 Å². The molecule has 0 spiro atoms. The molecule has 1 heterocycles. The highest BCUT2D eigenvalue weighted by Gasteiger charge is 2.31. The molecule has 1 fully saturated rings. The second-order valence-electron chi connectivity index (χ2n) is 5.27. The van der Waals surface area contributed by atoms with Crippen LogP contribution in [-0.4, -0.2) is 22.8 Å². The molecule has 96 valence electrons. The van der Waals surface area contributed by atoms with Crippen molar-refractivity contribution in [2.24, 2.45) is 11.7 Å². The molecule has 1 aliphatic carbocycles. The summed E-state index contributed by atoms with van der Waals surface area (Å²) in [5.41, 5.74) is 7.37. The lowest BCUT2D eigenvalue weighted by Crippen LogP contribution is -2.26. The number of imidazole rings is 1. The third kappa shape index (κ3) is 2.38. The zero-order valence-corrected chi connectivity index (χ0v) is 11.0. The zero-order chi connectivity index (χ0) is 12.4. The highest BCUT2D eigenvalue weighted by Crippen LogP contribution is 2.34. The van der Waals surface area contributed by atoms with Gasteiger partial charge in [0.05, 0.1) is 24.2 Å². The summed E-state index contributed by atoms with van der Waals surface area (Å²) < 4.78 is 7.78. The molecule has 3 unspecified atom stereocenters. The average molecular weight is 237 g/mol. The van der Waals surface area contributed by atoms with Gasteiger partial charge in [0, 0.05) is 19.3 Å². The molecule has 0 saturated heterocycles. The molecule has 17 heavy (non-hydrogen) atoms. The van der Waals surface area contributed by atoms with Crippen LogP contribution < -0.4 is 5.73 Å². The Morgan fingerprint density at radius 2 is 2.24 bits per heavy atom. The van der Waals surface area contributed by atoms with Gasteiger partial charge in [-0.3, -0.25) is 0 Å². The number of hydrogen-bond acceptors (Lipinski definition) is 3. The van der Waals surface area contributed by atoms with Crippen molar-refractivity contribution in [3.8, 4) is 0 Å². The molecule has 1 saturated carbocycles.